The van der Waals surface area contributed by atoms with Crippen LogP contribution in [0.1, 0.15) is 24.3 Å². The number of nitrogens with zero attached hydrogens (tertiary/aromatic N) is 4. The molecule has 2 aromatic rings. The number of urea groups is 1. The van der Waals surface area contributed by atoms with Crippen LogP contribution in [0, 0.1) is 0 Å². The number of hydrogen-bond acceptors (Lipinski definition) is 10. The molecule has 0 spiro atoms. The number of ether oxygens (including phenoxy) is 2. The van der Waals surface area contributed by atoms with E-state index in [4.69, 9.17) is 9.47 Å². The number of nitrogens with one attached hydrogen (secondary N) is 3. The van der Waals surface area contributed by atoms with Crippen molar-refractivity contribution >= 4 is 33.9 Å². The Kier molecular flexibility index (Phi) is 6.93. The molecule has 13 nitrogen and oxygen atoms in total. The number of amides is 2. The lowest BCUT2D eigenvalue weighted by atomic mass is 10.4. The van der Waals surface area contributed by atoms with E-state index in [0.29, 0.717) is 0 Å². The van der Waals surface area contributed by atoms with Gasteiger partial charge in [0, 0.05) is 20.3 Å². The summed E-state index contributed by atoms with van der Waals surface area (Å²) >= 11 is 0. The van der Waals surface area contributed by atoms with E-state index in [-0.39, 0.29) is 36.8 Å². The molecule has 3 N–H and O–H groups in total. The van der Waals surface area contributed by atoms with E-state index in [2.05, 4.69) is 25.6 Å². The summed E-state index contributed by atoms with van der Waals surface area (Å²) in [5.41, 5.74) is -0.219. The van der Waals surface area contributed by atoms with Crippen LogP contribution < -0.4 is 20.1 Å². The Hall–Kier alpha value is -3.42. The smallest absolute Gasteiger partial charge is 0.356 e. The zero-order chi connectivity index (χ0) is 21.6. The third-order valence-corrected chi connectivity index (χ3v) is 4.72. The summed E-state index contributed by atoms with van der Waals surface area (Å²) in [6.07, 6.45) is 1.36. The Morgan fingerprint density at radius 3 is 2.45 bits per heavy atom. The largest absolute Gasteiger partial charge is 0.464 e. The van der Waals surface area contributed by atoms with Crippen LogP contribution in [0.25, 0.3) is 0 Å². The zero-order valence-electron chi connectivity index (χ0n) is 16.2. The van der Waals surface area contributed by atoms with Crippen LogP contribution in [0.3, 0.4) is 0 Å². The first-order valence-electron chi connectivity index (χ1n) is 8.44. The number of carbonyl (C=O) groups is 2. The van der Waals surface area contributed by atoms with Gasteiger partial charge in [-0.3, -0.25) is 5.32 Å². The molecule has 0 saturated carbocycles. The van der Waals surface area contributed by atoms with Crippen LogP contribution in [0.5, 0.6) is 6.01 Å². The van der Waals surface area contributed by atoms with Gasteiger partial charge in [0.2, 0.25) is 11.9 Å². The monoisotopic (exact) mass is 427 g/mol. The van der Waals surface area contributed by atoms with Crippen molar-refractivity contribution in [2.45, 2.75) is 18.7 Å². The van der Waals surface area contributed by atoms with Crippen molar-refractivity contribution in [1.29, 1.82) is 0 Å². The summed E-state index contributed by atoms with van der Waals surface area (Å²) in [5, 5.41) is 4.85. The fourth-order valence-electron chi connectivity index (χ4n) is 2.19. The van der Waals surface area contributed by atoms with Crippen molar-refractivity contribution in [2.75, 3.05) is 30.9 Å². The molecule has 2 heterocycles. The molecule has 0 bridgehead atoms. The molecule has 0 aliphatic rings. The Labute approximate surface area is 166 Å². The first-order chi connectivity index (χ1) is 13.7. The van der Waals surface area contributed by atoms with Gasteiger partial charge in [0.1, 0.15) is 10.6 Å². The molecular formula is C15H21N7O6S. The fraction of sp³-hybridized carbons (Fsp3) is 0.400. The predicted octanol–water partition coefficient (Wildman–Crippen LogP) is 0.338. The molecule has 2 rings (SSSR count). The van der Waals surface area contributed by atoms with Gasteiger partial charge in [-0.15, -0.1) is 0 Å². The van der Waals surface area contributed by atoms with Crippen molar-refractivity contribution in [3.8, 4) is 6.01 Å². The van der Waals surface area contributed by atoms with E-state index in [1.165, 1.54) is 23.9 Å². The summed E-state index contributed by atoms with van der Waals surface area (Å²) in [5.74, 6) is -0.966. The number of aryl methyl sites for hydroxylation is 1. The van der Waals surface area contributed by atoms with E-state index in [9.17, 15) is 18.0 Å². The second-order valence-corrected chi connectivity index (χ2v) is 7.02. The summed E-state index contributed by atoms with van der Waals surface area (Å²) in [6, 6.07) is -0.0195. The van der Waals surface area contributed by atoms with Crippen LogP contribution in [0.15, 0.2) is 17.2 Å². The second-order valence-electron chi connectivity index (χ2n) is 5.37. The van der Waals surface area contributed by atoms with E-state index < -0.39 is 26.9 Å². The highest BCUT2D eigenvalue weighted by atomic mass is 32.2. The normalized spacial score (nSPS) is 10.9. The van der Waals surface area contributed by atoms with Crippen molar-refractivity contribution < 1.29 is 27.5 Å². The molecule has 0 unspecified atom stereocenters. The van der Waals surface area contributed by atoms with Crippen LogP contribution in [-0.2, 0) is 21.8 Å². The minimum Gasteiger partial charge on any atom is -0.464 e. The van der Waals surface area contributed by atoms with Gasteiger partial charge < -0.3 is 19.4 Å². The lowest BCUT2D eigenvalue weighted by Crippen LogP contribution is -2.35. The van der Waals surface area contributed by atoms with Gasteiger partial charge >= 0.3 is 18.0 Å². The number of hydrogen-bond donors (Lipinski definition) is 3. The minimum absolute atomic E-state index is 0.0577. The van der Waals surface area contributed by atoms with Crippen molar-refractivity contribution in [2.24, 2.45) is 7.05 Å². The standard InChI is InChI=1S/C15H21N7O6S/c1-5-27-11(23)10-9(7-8-22(10)4)29(25,26)21-14(24)18-13-17-12(16-3)19-15(20-13)28-6-2/h7-8H,5-6H2,1-4H3,(H3,16,17,18,19,20,21,24). The first-order valence-corrected chi connectivity index (χ1v) is 9.93. The molecule has 158 valence electrons. The van der Waals surface area contributed by atoms with E-state index in [0.717, 1.165) is 0 Å². The molecule has 0 fully saturated rings. The second kappa shape index (κ2) is 9.18. The molecular weight excluding hydrogens is 406 g/mol. The van der Waals surface area contributed by atoms with Crippen LogP contribution >= 0.6 is 0 Å². The summed E-state index contributed by atoms with van der Waals surface area (Å²) in [7, 11) is -1.37. The molecule has 0 radical (unpaired) electrons. The molecule has 2 aromatic heterocycles. The number of sulfonamides is 1. The van der Waals surface area contributed by atoms with Crippen molar-refractivity contribution in [3.63, 3.8) is 0 Å². The van der Waals surface area contributed by atoms with Crippen LogP contribution in [0.4, 0.5) is 16.7 Å². The van der Waals surface area contributed by atoms with Crippen LogP contribution in [-0.4, -0.2) is 60.2 Å². The Balaban J connectivity index is 2.23. The van der Waals surface area contributed by atoms with Gasteiger partial charge in [0.25, 0.3) is 10.0 Å². The molecule has 29 heavy (non-hydrogen) atoms. The average Bonchev–Trinajstić information content (AvgIpc) is 3.04. The van der Waals surface area contributed by atoms with Crippen molar-refractivity contribution in [1.82, 2.24) is 24.2 Å². The lowest BCUT2D eigenvalue weighted by Gasteiger charge is -2.10. The number of aromatic nitrogens is 4. The third-order valence-electron chi connectivity index (χ3n) is 3.36. The topological polar surface area (TPSA) is 166 Å². The summed E-state index contributed by atoms with van der Waals surface area (Å²) < 4.78 is 38.3. The van der Waals surface area contributed by atoms with E-state index >= 15 is 0 Å². The number of rotatable bonds is 8. The Bertz CT molecular complexity index is 1000. The maximum absolute atomic E-state index is 12.6. The fourth-order valence-corrected chi connectivity index (χ4v) is 3.32. The minimum atomic E-state index is -4.39. The molecule has 2 amide bonds. The molecule has 0 aliphatic carbocycles. The summed E-state index contributed by atoms with van der Waals surface area (Å²) in [4.78, 5) is 35.5. The van der Waals surface area contributed by atoms with Gasteiger partial charge in [-0.25, -0.2) is 22.7 Å². The molecule has 0 atom stereocenters. The SMILES string of the molecule is CCOC(=O)c1c(S(=O)(=O)NC(=O)Nc2nc(NC)nc(OCC)n2)ccn1C. The quantitative estimate of drug-likeness (QED) is 0.500. The van der Waals surface area contributed by atoms with Gasteiger partial charge in [-0.1, -0.05) is 0 Å². The third kappa shape index (κ3) is 5.31. The highest BCUT2D eigenvalue weighted by molar-refractivity contribution is 7.90. The zero-order valence-corrected chi connectivity index (χ0v) is 17.0. The van der Waals surface area contributed by atoms with Gasteiger partial charge in [-0.05, 0) is 19.9 Å². The lowest BCUT2D eigenvalue weighted by molar-refractivity contribution is 0.0510. The molecule has 0 aliphatic heterocycles. The van der Waals surface area contributed by atoms with E-state index in [1.807, 2.05) is 0 Å². The predicted molar refractivity (Wildman–Crippen MR) is 101 cm³/mol. The van der Waals surface area contributed by atoms with Crippen molar-refractivity contribution in [3.05, 3.63) is 18.0 Å². The highest BCUT2D eigenvalue weighted by Crippen LogP contribution is 2.18. The maximum Gasteiger partial charge on any atom is 0.356 e. The van der Waals surface area contributed by atoms with Crippen LogP contribution in [0.2, 0.25) is 0 Å². The highest BCUT2D eigenvalue weighted by Gasteiger charge is 2.28. The van der Waals surface area contributed by atoms with Gasteiger partial charge in [0.05, 0.1) is 13.2 Å². The maximum atomic E-state index is 12.6. The van der Waals surface area contributed by atoms with Gasteiger partial charge in [-0.2, -0.15) is 15.0 Å². The molecule has 14 heteroatoms. The average molecular weight is 427 g/mol. The molecule has 0 aromatic carbocycles. The molecule has 0 saturated heterocycles. The number of carbonyl (C=O) groups excluding carboxylic acids is 2. The number of anilines is 2. The number of esters is 1. The Morgan fingerprint density at radius 2 is 1.83 bits per heavy atom. The van der Waals surface area contributed by atoms with Gasteiger partial charge in [0.15, 0.2) is 0 Å². The Morgan fingerprint density at radius 1 is 1.14 bits per heavy atom. The van der Waals surface area contributed by atoms with E-state index in [1.54, 1.807) is 25.6 Å². The first kappa shape index (κ1) is 21.9. The summed E-state index contributed by atoms with van der Waals surface area (Å²) in [6.45, 7) is 3.64.